The fourth-order valence-electron chi connectivity index (χ4n) is 2.46. The zero-order chi connectivity index (χ0) is 10.7. The van der Waals surface area contributed by atoms with Crippen molar-refractivity contribution in [2.75, 3.05) is 11.4 Å². The van der Waals surface area contributed by atoms with Crippen molar-refractivity contribution in [3.8, 4) is 0 Å². The van der Waals surface area contributed by atoms with Gasteiger partial charge in [-0.1, -0.05) is 19.4 Å². The van der Waals surface area contributed by atoms with Crippen LogP contribution in [0.25, 0.3) is 0 Å². The molecule has 15 heavy (non-hydrogen) atoms. The fourth-order valence-corrected chi connectivity index (χ4v) is 2.46. The lowest BCUT2D eigenvalue weighted by atomic mass is 10.1. The molecule has 1 fully saturated rings. The maximum Gasteiger partial charge on any atom is 0.125 e. The molecule has 0 radical (unpaired) electrons. The summed E-state index contributed by atoms with van der Waals surface area (Å²) in [5.41, 5.74) is 1.05. The number of halogens is 1. The van der Waals surface area contributed by atoms with Crippen LogP contribution >= 0.6 is 0 Å². The molecule has 0 spiro atoms. The van der Waals surface area contributed by atoms with Gasteiger partial charge in [-0.2, -0.15) is 0 Å². The third-order valence-corrected chi connectivity index (χ3v) is 3.14. The van der Waals surface area contributed by atoms with E-state index in [1.807, 2.05) is 6.07 Å². The van der Waals surface area contributed by atoms with Crippen LogP contribution in [0, 0.1) is 5.82 Å². The molecule has 0 saturated carbocycles. The third-order valence-electron chi connectivity index (χ3n) is 3.14. The molecule has 1 aromatic carbocycles. The van der Waals surface area contributed by atoms with E-state index in [0.29, 0.717) is 6.04 Å². The number of benzene rings is 1. The average molecular weight is 207 g/mol. The van der Waals surface area contributed by atoms with E-state index in [4.69, 9.17) is 0 Å². The van der Waals surface area contributed by atoms with Gasteiger partial charge in [0, 0.05) is 18.3 Å². The summed E-state index contributed by atoms with van der Waals surface area (Å²) < 4.78 is 13.1. The van der Waals surface area contributed by atoms with Crippen LogP contribution in [0.2, 0.25) is 0 Å². The Morgan fingerprint density at radius 2 is 2.33 bits per heavy atom. The highest BCUT2D eigenvalue weighted by atomic mass is 19.1. The van der Waals surface area contributed by atoms with Crippen molar-refractivity contribution in [2.24, 2.45) is 0 Å². The predicted molar refractivity (Wildman–Crippen MR) is 61.7 cm³/mol. The average Bonchev–Trinajstić information content (AvgIpc) is 2.66. The topological polar surface area (TPSA) is 3.24 Å². The molecule has 0 aromatic heterocycles. The van der Waals surface area contributed by atoms with Crippen molar-refractivity contribution in [2.45, 2.75) is 38.6 Å². The first-order valence-corrected chi connectivity index (χ1v) is 5.83. The largest absolute Gasteiger partial charge is 0.368 e. The van der Waals surface area contributed by atoms with Crippen molar-refractivity contribution >= 4 is 5.69 Å². The summed E-state index contributed by atoms with van der Waals surface area (Å²) in [5, 5.41) is 0. The molecule has 0 aliphatic carbocycles. The van der Waals surface area contributed by atoms with Crippen LogP contribution in [-0.2, 0) is 0 Å². The lowest BCUT2D eigenvalue weighted by Gasteiger charge is -2.26. The molecule has 1 heterocycles. The van der Waals surface area contributed by atoms with Gasteiger partial charge in [0.15, 0.2) is 0 Å². The quantitative estimate of drug-likeness (QED) is 0.732. The number of anilines is 1. The van der Waals surface area contributed by atoms with Crippen molar-refractivity contribution in [3.63, 3.8) is 0 Å². The Balaban J connectivity index is 2.15. The third kappa shape index (κ3) is 2.31. The van der Waals surface area contributed by atoms with Gasteiger partial charge in [-0.25, -0.2) is 4.39 Å². The molecular formula is C13H18FN. The first-order valence-electron chi connectivity index (χ1n) is 5.83. The molecule has 1 aromatic rings. The van der Waals surface area contributed by atoms with Gasteiger partial charge >= 0.3 is 0 Å². The zero-order valence-corrected chi connectivity index (χ0v) is 9.25. The predicted octanol–water partition coefficient (Wildman–Crippen LogP) is 3.59. The summed E-state index contributed by atoms with van der Waals surface area (Å²) in [6, 6.07) is 7.59. The van der Waals surface area contributed by atoms with E-state index in [1.54, 1.807) is 12.1 Å². The standard InChI is InChI=1S/C13H18FN/c1-2-5-12-8-4-9-15(12)13-7-3-6-11(14)10-13/h3,6-7,10,12H,2,4-5,8-9H2,1H3/t12-/m1/s1. The Kier molecular flexibility index (Phi) is 3.24. The van der Waals surface area contributed by atoms with Crippen LogP contribution in [-0.4, -0.2) is 12.6 Å². The summed E-state index contributed by atoms with van der Waals surface area (Å²) in [6.07, 6.45) is 4.92. The minimum atomic E-state index is -0.130. The summed E-state index contributed by atoms with van der Waals surface area (Å²) in [5.74, 6) is -0.130. The number of nitrogens with zero attached hydrogens (tertiary/aromatic N) is 1. The van der Waals surface area contributed by atoms with Gasteiger partial charge in [0.2, 0.25) is 0 Å². The van der Waals surface area contributed by atoms with Crippen LogP contribution in [0.3, 0.4) is 0 Å². The minimum absolute atomic E-state index is 0.130. The lowest BCUT2D eigenvalue weighted by molar-refractivity contribution is 0.595. The van der Waals surface area contributed by atoms with Crippen LogP contribution in [0.15, 0.2) is 24.3 Å². The SMILES string of the molecule is CCC[C@@H]1CCCN1c1cccc(F)c1. The smallest absolute Gasteiger partial charge is 0.125 e. The molecule has 82 valence electrons. The minimum Gasteiger partial charge on any atom is -0.368 e. The summed E-state index contributed by atoms with van der Waals surface area (Å²) in [6.45, 7) is 3.29. The Labute approximate surface area is 90.9 Å². The van der Waals surface area contributed by atoms with Crippen LogP contribution in [0.5, 0.6) is 0 Å². The second-order valence-corrected chi connectivity index (χ2v) is 4.26. The van der Waals surface area contributed by atoms with E-state index in [0.717, 1.165) is 12.2 Å². The van der Waals surface area contributed by atoms with Crippen LogP contribution in [0.4, 0.5) is 10.1 Å². The Morgan fingerprint density at radius 1 is 1.47 bits per heavy atom. The van der Waals surface area contributed by atoms with E-state index in [-0.39, 0.29) is 5.82 Å². The van der Waals surface area contributed by atoms with Crippen molar-refractivity contribution in [1.82, 2.24) is 0 Å². The first-order chi connectivity index (χ1) is 7.31. The van der Waals surface area contributed by atoms with Crippen LogP contribution in [0.1, 0.15) is 32.6 Å². The van der Waals surface area contributed by atoms with Gasteiger partial charge < -0.3 is 4.90 Å². The second kappa shape index (κ2) is 4.65. The molecule has 1 saturated heterocycles. The number of hydrogen-bond acceptors (Lipinski definition) is 1. The highest BCUT2D eigenvalue weighted by Gasteiger charge is 2.23. The molecule has 1 aliphatic rings. The second-order valence-electron chi connectivity index (χ2n) is 4.26. The molecule has 0 unspecified atom stereocenters. The Bertz CT molecular complexity index is 324. The van der Waals surface area contributed by atoms with E-state index >= 15 is 0 Å². The maximum absolute atomic E-state index is 13.1. The number of hydrogen-bond donors (Lipinski definition) is 0. The highest BCUT2D eigenvalue weighted by Crippen LogP contribution is 2.28. The van der Waals surface area contributed by atoms with Crippen molar-refractivity contribution in [1.29, 1.82) is 0 Å². The monoisotopic (exact) mass is 207 g/mol. The number of rotatable bonds is 3. The van der Waals surface area contributed by atoms with Gasteiger partial charge in [-0.05, 0) is 37.5 Å². The molecule has 2 rings (SSSR count). The van der Waals surface area contributed by atoms with Gasteiger partial charge in [-0.15, -0.1) is 0 Å². The molecule has 1 aliphatic heterocycles. The molecule has 1 nitrogen and oxygen atoms in total. The first kappa shape index (κ1) is 10.5. The Hall–Kier alpha value is -1.05. The van der Waals surface area contributed by atoms with Gasteiger partial charge in [0.1, 0.15) is 5.82 Å². The van der Waals surface area contributed by atoms with E-state index in [1.165, 1.54) is 31.7 Å². The van der Waals surface area contributed by atoms with Gasteiger partial charge in [-0.3, -0.25) is 0 Å². The van der Waals surface area contributed by atoms with Crippen molar-refractivity contribution in [3.05, 3.63) is 30.1 Å². The molecule has 2 heteroatoms. The van der Waals surface area contributed by atoms with E-state index < -0.39 is 0 Å². The van der Waals surface area contributed by atoms with E-state index in [9.17, 15) is 4.39 Å². The normalized spacial score (nSPS) is 20.9. The van der Waals surface area contributed by atoms with E-state index in [2.05, 4.69) is 11.8 Å². The molecule has 0 amide bonds. The fraction of sp³-hybridized carbons (Fsp3) is 0.538. The summed E-state index contributed by atoms with van der Waals surface area (Å²) >= 11 is 0. The highest BCUT2D eigenvalue weighted by molar-refractivity contribution is 5.48. The molecule has 1 atom stereocenters. The molecular weight excluding hydrogens is 189 g/mol. The van der Waals surface area contributed by atoms with Gasteiger partial charge in [0.05, 0.1) is 0 Å². The van der Waals surface area contributed by atoms with Gasteiger partial charge in [0.25, 0.3) is 0 Å². The zero-order valence-electron chi connectivity index (χ0n) is 9.25. The summed E-state index contributed by atoms with van der Waals surface area (Å²) in [7, 11) is 0. The molecule has 0 N–H and O–H groups in total. The lowest BCUT2D eigenvalue weighted by Crippen LogP contribution is -2.28. The van der Waals surface area contributed by atoms with Crippen molar-refractivity contribution < 1.29 is 4.39 Å². The Morgan fingerprint density at radius 3 is 3.07 bits per heavy atom. The maximum atomic E-state index is 13.1. The van der Waals surface area contributed by atoms with Crippen LogP contribution < -0.4 is 4.90 Å². The summed E-state index contributed by atoms with van der Waals surface area (Å²) in [4.78, 5) is 2.35. The molecule has 0 bridgehead atoms.